The van der Waals surface area contributed by atoms with Gasteiger partial charge in [-0.3, -0.25) is 4.79 Å². The molecule has 0 spiro atoms. The van der Waals surface area contributed by atoms with Crippen LogP contribution in [0.25, 0.3) is 0 Å². The van der Waals surface area contributed by atoms with Gasteiger partial charge in [0.05, 0.1) is 17.9 Å². The van der Waals surface area contributed by atoms with E-state index < -0.39 is 5.41 Å². The summed E-state index contributed by atoms with van der Waals surface area (Å²) in [6.07, 6.45) is 1.62. The number of nitrogens with zero attached hydrogens (tertiary/aromatic N) is 2. The highest BCUT2D eigenvalue weighted by atomic mass is 35.5. The second kappa shape index (κ2) is 6.93. The Hall–Kier alpha value is -1.57. The van der Waals surface area contributed by atoms with Crippen LogP contribution in [0.1, 0.15) is 24.8 Å². The van der Waals surface area contributed by atoms with Crippen LogP contribution in [0.15, 0.2) is 24.3 Å². The number of carbonyl (C=O) groups is 1. The van der Waals surface area contributed by atoms with Crippen LogP contribution in [-0.4, -0.2) is 37.6 Å². The fraction of sp³-hybridized carbons (Fsp3) is 0.500. The Morgan fingerprint density at radius 2 is 2.19 bits per heavy atom. The smallest absolute Gasteiger partial charge is 0.233 e. The normalized spacial score (nSPS) is 17.0. The molecule has 1 amide bonds. The van der Waals surface area contributed by atoms with Crippen LogP contribution in [0, 0.1) is 11.3 Å². The molecule has 1 aromatic rings. The summed E-state index contributed by atoms with van der Waals surface area (Å²) < 4.78 is 5.43. The highest BCUT2D eigenvalue weighted by molar-refractivity contribution is 6.30. The highest BCUT2D eigenvalue weighted by Gasteiger charge is 2.43. The van der Waals surface area contributed by atoms with E-state index in [0.717, 1.165) is 5.56 Å². The SMILES string of the molecule is CN(CCC#N)C(=O)C1(c2cccc(Cl)c2)CCOCC1. The van der Waals surface area contributed by atoms with Gasteiger partial charge in [0.2, 0.25) is 5.91 Å². The molecule has 21 heavy (non-hydrogen) atoms. The van der Waals surface area contributed by atoms with Crippen molar-refractivity contribution in [3.63, 3.8) is 0 Å². The molecule has 5 heteroatoms. The molecule has 0 aliphatic carbocycles. The number of benzene rings is 1. The number of rotatable bonds is 4. The molecule has 0 saturated carbocycles. The number of carbonyl (C=O) groups excluding carboxylic acids is 1. The molecule has 0 bridgehead atoms. The van der Waals surface area contributed by atoms with Crippen molar-refractivity contribution < 1.29 is 9.53 Å². The number of likely N-dealkylation sites (N-methyl/N-ethyl adjacent to an activating group) is 1. The third kappa shape index (κ3) is 3.37. The molecule has 1 heterocycles. The van der Waals surface area contributed by atoms with Crippen molar-refractivity contribution >= 4 is 17.5 Å². The quantitative estimate of drug-likeness (QED) is 0.859. The number of amides is 1. The molecular weight excluding hydrogens is 288 g/mol. The second-order valence-corrected chi connectivity index (χ2v) is 5.78. The standard InChI is InChI=1S/C16H19ClN2O2/c1-19(9-3-8-18)15(20)16(6-10-21-11-7-16)13-4-2-5-14(17)12-13/h2,4-5,12H,3,6-7,9-11H2,1H3. The zero-order valence-electron chi connectivity index (χ0n) is 12.1. The second-order valence-electron chi connectivity index (χ2n) is 5.34. The lowest BCUT2D eigenvalue weighted by atomic mass is 9.73. The van der Waals surface area contributed by atoms with Crippen LogP contribution in [0.3, 0.4) is 0 Å². The van der Waals surface area contributed by atoms with Gasteiger partial charge in [-0.05, 0) is 30.5 Å². The number of ether oxygens (including phenoxy) is 1. The first-order chi connectivity index (χ1) is 10.1. The van der Waals surface area contributed by atoms with Crippen LogP contribution >= 0.6 is 11.6 Å². The van der Waals surface area contributed by atoms with Gasteiger partial charge in [-0.2, -0.15) is 5.26 Å². The van der Waals surface area contributed by atoms with Gasteiger partial charge >= 0.3 is 0 Å². The molecule has 1 aliphatic heterocycles. The molecule has 1 aliphatic rings. The Bertz CT molecular complexity index is 547. The van der Waals surface area contributed by atoms with Crippen molar-refractivity contribution in [3.8, 4) is 6.07 Å². The van der Waals surface area contributed by atoms with Gasteiger partial charge in [-0.25, -0.2) is 0 Å². The monoisotopic (exact) mass is 306 g/mol. The Morgan fingerprint density at radius 3 is 2.81 bits per heavy atom. The van der Waals surface area contributed by atoms with E-state index in [9.17, 15) is 4.79 Å². The zero-order chi connectivity index (χ0) is 15.3. The minimum absolute atomic E-state index is 0.0447. The predicted molar refractivity (Wildman–Crippen MR) is 81.1 cm³/mol. The molecule has 0 atom stereocenters. The average molecular weight is 307 g/mol. The number of hydrogen-bond donors (Lipinski definition) is 0. The molecule has 4 nitrogen and oxygen atoms in total. The maximum atomic E-state index is 13.0. The van der Waals surface area contributed by atoms with Crippen molar-refractivity contribution in [2.75, 3.05) is 26.8 Å². The topological polar surface area (TPSA) is 53.3 Å². The maximum absolute atomic E-state index is 13.0. The van der Waals surface area contributed by atoms with Gasteiger partial charge in [-0.1, -0.05) is 23.7 Å². The van der Waals surface area contributed by atoms with Crippen molar-refractivity contribution in [3.05, 3.63) is 34.9 Å². The number of halogens is 1. The summed E-state index contributed by atoms with van der Waals surface area (Å²) in [6.45, 7) is 1.56. The van der Waals surface area contributed by atoms with Gasteiger partial charge in [0.1, 0.15) is 0 Å². The van der Waals surface area contributed by atoms with Gasteiger partial charge in [0.15, 0.2) is 0 Å². The van der Waals surface area contributed by atoms with Gasteiger partial charge in [0, 0.05) is 31.8 Å². The largest absolute Gasteiger partial charge is 0.381 e. The summed E-state index contributed by atoms with van der Waals surface area (Å²) >= 11 is 6.09. The fourth-order valence-corrected chi connectivity index (χ4v) is 3.01. The molecule has 112 valence electrons. The van der Waals surface area contributed by atoms with Crippen molar-refractivity contribution in [1.29, 1.82) is 5.26 Å². The average Bonchev–Trinajstić information content (AvgIpc) is 2.52. The molecule has 0 N–H and O–H groups in total. The summed E-state index contributed by atoms with van der Waals surface area (Å²) in [6, 6.07) is 9.57. The molecular formula is C16H19ClN2O2. The summed E-state index contributed by atoms with van der Waals surface area (Å²) in [7, 11) is 1.75. The van der Waals surface area contributed by atoms with E-state index in [-0.39, 0.29) is 5.91 Å². The number of nitriles is 1. The first-order valence-corrected chi connectivity index (χ1v) is 7.44. The summed E-state index contributed by atoms with van der Waals surface area (Å²) in [5.41, 5.74) is 0.347. The van der Waals surface area contributed by atoms with Crippen LogP contribution < -0.4 is 0 Å². The van der Waals surface area contributed by atoms with E-state index in [0.29, 0.717) is 44.0 Å². The van der Waals surface area contributed by atoms with Crippen molar-refractivity contribution in [2.45, 2.75) is 24.7 Å². The van der Waals surface area contributed by atoms with Crippen LogP contribution in [0.4, 0.5) is 0 Å². The highest BCUT2D eigenvalue weighted by Crippen LogP contribution is 2.37. The molecule has 2 rings (SSSR count). The van der Waals surface area contributed by atoms with Gasteiger partial charge < -0.3 is 9.64 Å². The molecule has 1 aromatic carbocycles. The van der Waals surface area contributed by atoms with E-state index in [1.165, 1.54) is 0 Å². The first-order valence-electron chi connectivity index (χ1n) is 7.06. The Labute approximate surface area is 130 Å². The lowest BCUT2D eigenvalue weighted by Gasteiger charge is -2.39. The van der Waals surface area contributed by atoms with Crippen LogP contribution in [0.2, 0.25) is 5.02 Å². The maximum Gasteiger partial charge on any atom is 0.233 e. The van der Waals surface area contributed by atoms with Crippen molar-refractivity contribution in [2.24, 2.45) is 0 Å². The van der Waals surface area contributed by atoms with E-state index in [1.807, 2.05) is 24.3 Å². The molecule has 1 saturated heterocycles. The summed E-state index contributed by atoms with van der Waals surface area (Å²) in [4.78, 5) is 14.6. The minimum Gasteiger partial charge on any atom is -0.381 e. The molecule has 0 aromatic heterocycles. The third-order valence-corrected chi connectivity index (χ3v) is 4.27. The van der Waals surface area contributed by atoms with Crippen LogP contribution in [-0.2, 0) is 14.9 Å². The lowest BCUT2D eigenvalue weighted by Crippen LogP contribution is -2.48. The van der Waals surface area contributed by atoms with E-state index in [1.54, 1.807) is 11.9 Å². The predicted octanol–water partition coefficient (Wildman–Crippen LogP) is 2.76. The van der Waals surface area contributed by atoms with Crippen molar-refractivity contribution in [1.82, 2.24) is 4.90 Å². The number of hydrogen-bond acceptors (Lipinski definition) is 3. The summed E-state index contributed by atoms with van der Waals surface area (Å²) in [5, 5.41) is 9.33. The molecule has 0 radical (unpaired) electrons. The molecule has 1 fully saturated rings. The summed E-state index contributed by atoms with van der Waals surface area (Å²) in [5.74, 6) is 0.0447. The first kappa shape index (κ1) is 15.8. The van der Waals surface area contributed by atoms with Gasteiger partial charge in [0.25, 0.3) is 0 Å². The Morgan fingerprint density at radius 1 is 1.48 bits per heavy atom. The van der Waals surface area contributed by atoms with Crippen LogP contribution in [0.5, 0.6) is 0 Å². The van der Waals surface area contributed by atoms with Gasteiger partial charge in [-0.15, -0.1) is 0 Å². The van der Waals surface area contributed by atoms with E-state index in [2.05, 4.69) is 6.07 Å². The minimum atomic E-state index is -0.590. The van der Waals surface area contributed by atoms with E-state index >= 15 is 0 Å². The lowest BCUT2D eigenvalue weighted by molar-refractivity contribution is -0.139. The fourth-order valence-electron chi connectivity index (χ4n) is 2.82. The Kier molecular flexibility index (Phi) is 5.22. The van der Waals surface area contributed by atoms with E-state index in [4.69, 9.17) is 21.6 Å². The zero-order valence-corrected chi connectivity index (χ0v) is 12.9. The third-order valence-electron chi connectivity index (χ3n) is 4.04. The molecule has 0 unspecified atom stereocenters. The Balaban J connectivity index is 2.33.